The smallest absolute Gasteiger partial charge is 0.357 e. The van der Waals surface area contributed by atoms with Crippen molar-refractivity contribution in [3.05, 3.63) is 47.0 Å². The largest absolute Gasteiger partial charge is 0.461 e. The van der Waals surface area contributed by atoms with E-state index in [0.717, 1.165) is 5.56 Å². The summed E-state index contributed by atoms with van der Waals surface area (Å²) in [6.07, 6.45) is 1.72. The van der Waals surface area contributed by atoms with E-state index in [1.807, 2.05) is 30.3 Å². The zero-order chi connectivity index (χ0) is 12.8. The van der Waals surface area contributed by atoms with Crippen molar-refractivity contribution in [3.8, 4) is 0 Å². The van der Waals surface area contributed by atoms with Gasteiger partial charge in [-0.15, -0.1) is 11.3 Å². The quantitative estimate of drug-likeness (QED) is 0.627. The highest BCUT2D eigenvalue weighted by atomic mass is 32.1. The molecule has 2 aromatic rings. The number of carbonyl (C=O) groups is 1. The Kier molecular flexibility index (Phi) is 4.20. The van der Waals surface area contributed by atoms with Gasteiger partial charge in [-0.3, -0.25) is 0 Å². The predicted octanol–water partition coefficient (Wildman–Crippen LogP) is 3.07. The maximum Gasteiger partial charge on any atom is 0.357 e. The number of benzene rings is 1. The summed E-state index contributed by atoms with van der Waals surface area (Å²) in [5.74, 6) is -0.407. The van der Waals surface area contributed by atoms with Crippen LogP contribution in [0.25, 0.3) is 0 Å². The van der Waals surface area contributed by atoms with E-state index in [1.54, 1.807) is 18.5 Å². The second-order valence-corrected chi connectivity index (χ2v) is 4.24. The molecule has 92 valence electrons. The lowest BCUT2D eigenvalue weighted by molar-refractivity contribution is 0.0520. The topological polar surface area (TPSA) is 51.5 Å². The molecular formula is C13H12N2O2S. The highest BCUT2D eigenvalue weighted by Crippen LogP contribution is 2.19. The Morgan fingerprint density at radius 1 is 1.44 bits per heavy atom. The second kappa shape index (κ2) is 6.07. The fraction of sp³-hybridized carbons (Fsp3) is 0.154. The van der Waals surface area contributed by atoms with Gasteiger partial charge in [-0.1, -0.05) is 30.3 Å². The highest BCUT2D eigenvalue weighted by Gasteiger charge is 2.10. The first-order chi connectivity index (χ1) is 8.79. The van der Waals surface area contributed by atoms with Gasteiger partial charge in [0, 0.05) is 11.6 Å². The molecule has 4 nitrogen and oxygen atoms in total. The van der Waals surface area contributed by atoms with E-state index < -0.39 is 5.97 Å². The number of aliphatic imine (C=N–C) groups is 1. The van der Waals surface area contributed by atoms with Crippen LogP contribution in [0.3, 0.4) is 0 Å². The molecule has 0 atom stereocenters. The van der Waals surface area contributed by atoms with E-state index in [4.69, 9.17) is 4.74 Å². The maximum absolute atomic E-state index is 11.4. The summed E-state index contributed by atoms with van der Waals surface area (Å²) in [5, 5.41) is 2.19. The van der Waals surface area contributed by atoms with Crippen molar-refractivity contribution in [2.45, 2.75) is 6.92 Å². The molecule has 0 radical (unpaired) electrons. The van der Waals surface area contributed by atoms with Gasteiger partial charge in [-0.2, -0.15) is 0 Å². The van der Waals surface area contributed by atoms with Gasteiger partial charge in [-0.05, 0) is 12.5 Å². The maximum atomic E-state index is 11.4. The first-order valence-electron chi connectivity index (χ1n) is 5.51. The molecule has 1 aromatic carbocycles. The first-order valence-corrected chi connectivity index (χ1v) is 6.39. The molecule has 0 fully saturated rings. The molecule has 0 unspecified atom stereocenters. The standard InChI is InChI=1S/C13H12N2O2S/c1-2-17-12(16)11-9-18-13(15-11)14-8-10-6-4-3-5-7-10/h3-9H,2H2,1H3/b14-8+. The Morgan fingerprint density at radius 2 is 2.22 bits per heavy atom. The summed E-state index contributed by atoms with van der Waals surface area (Å²) in [4.78, 5) is 19.7. The minimum Gasteiger partial charge on any atom is -0.461 e. The predicted molar refractivity (Wildman–Crippen MR) is 71.8 cm³/mol. The average molecular weight is 260 g/mol. The second-order valence-electron chi connectivity index (χ2n) is 3.40. The number of nitrogens with zero attached hydrogens (tertiary/aromatic N) is 2. The van der Waals surface area contributed by atoms with Crippen molar-refractivity contribution in [1.82, 2.24) is 4.98 Å². The van der Waals surface area contributed by atoms with Crippen LogP contribution in [0.1, 0.15) is 23.0 Å². The van der Waals surface area contributed by atoms with Crippen LogP contribution in [0.2, 0.25) is 0 Å². The minimum atomic E-state index is -0.407. The number of hydrogen-bond donors (Lipinski definition) is 0. The van der Waals surface area contributed by atoms with Gasteiger partial charge < -0.3 is 4.74 Å². The van der Waals surface area contributed by atoms with Gasteiger partial charge >= 0.3 is 5.97 Å². The van der Waals surface area contributed by atoms with Crippen LogP contribution in [-0.4, -0.2) is 23.8 Å². The van der Waals surface area contributed by atoms with Gasteiger partial charge in [-0.25, -0.2) is 14.8 Å². The molecule has 1 aromatic heterocycles. The third kappa shape index (κ3) is 3.24. The van der Waals surface area contributed by atoms with Gasteiger partial charge in [0.25, 0.3) is 0 Å². The van der Waals surface area contributed by atoms with Crippen molar-refractivity contribution in [2.24, 2.45) is 4.99 Å². The molecule has 0 N–H and O–H groups in total. The molecule has 18 heavy (non-hydrogen) atoms. The summed E-state index contributed by atoms with van der Waals surface area (Å²) in [7, 11) is 0. The Labute approximate surface area is 109 Å². The van der Waals surface area contributed by atoms with E-state index in [2.05, 4.69) is 9.98 Å². The summed E-state index contributed by atoms with van der Waals surface area (Å²) >= 11 is 1.31. The lowest BCUT2D eigenvalue weighted by atomic mass is 10.2. The lowest BCUT2D eigenvalue weighted by Crippen LogP contribution is -2.04. The number of thiazole rings is 1. The monoisotopic (exact) mass is 260 g/mol. The summed E-state index contributed by atoms with van der Waals surface area (Å²) < 4.78 is 4.86. The van der Waals surface area contributed by atoms with E-state index in [1.165, 1.54) is 11.3 Å². The number of hydrogen-bond acceptors (Lipinski definition) is 5. The summed E-state index contributed by atoms with van der Waals surface area (Å²) in [6, 6.07) is 9.72. The third-order valence-electron chi connectivity index (χ3n) is 2.10. The SMILES string of the molecule is CCOC(=O)c1csc(/N=C/c2ccccc2)n1. The van der Waals surface area contributed by atoms with Gasteiger partial charge in [0.2, 0.25) is 5.13 Å². The van der Waals surface area contributed by atoms with Crippen molar-refractivity contribution in [1.29, 1.82) is 0 Å². The molecule has 1 heterocycles. The molecule has 0 aliphatic rings. The summed E-state index contributed by atoms with van der Waals surface area (Å²) in [5.41, 5.74) is 1.30. The van der Waals surface area contributed by atoms with Crippen LogP contribution >= 0.6 is 11.3 Å². The Morgan fingerprint density at radius 3 is 2.94 bits per heavy atom. The summed E-state index contributed by atoms with van der Waals surface area (Å²) in [6.45, 7) is 2.11. The van der Waals surface area contributed by atoms with Crippen molar-refractivity contribution >= 4 is 28.7 Å². The number of carbonyl (C=O) groups excluding carboxylic acids is 1. The molecule has 0 spiro atoms. The molecule has 0 saturated carbocycles. The van der Waals surface area contributed by atoms with Gasteiger partial charge in [0.1, 0.15) is 0 Å². The molecule has 0 aliphatic heterocycles. The zero-order valence-corrected chi connectivity index (χ0v) is 10.7. The number of rotatable bonds is 4. The van der Waals surface area contributed by atoms with E-state index >= 15 is 0 Å². The zero-order valence-electron chi connectivity index (χ0n) is 9.87. The molecule has 0 bridgehead atoms. The number of esters is 1. The number of ether oxygens (including phenoxy) is 1. The first kappa shape index (κ1) is 12.4. The molecule has 0 saturated heterocycles. The minimum absolute atomic E-state index is 0.307. The molecule has 5 heteroatoms. The van der Waals surface area contributed by atoms with E-state index in [9.17, 15) is 4.79 Å². The van der Waals surface area contributed by atoms with Crippen molar-refractivity contribution < 1.29 is 9.53 Å². The Bertz CT molecular complexity index is 549. The number of aromatic nitrogens is 1. The van der Waals surface area contributed by atoms with Crippen molar-refractivity contribution in [3.63, 3.8) is 0 Å². The van der Waals surface area contributed by atoms with Crippen LogP contribution in [-0.2, 0) is 4.74 Å². The fourth-order valence-corrected chi connectivity index (χ4v) is 1.92. The third-order valence-corrected chi connectivity index (χ3v) is 2.85. The van der Waals surface area contributed by atoms with Gasteiger partial charge in [0.05, 0.1) is 6.61 Å². The Balaban J connectivity index is 2.07. The van der Waals surface area contributed by atoms with Crippen LogP contribution in [0.4, 0.5) is 5.13 Å². The molecule has 2 rings (SSSR count). The lowest BCUT2D eigenvalue weighted by Gasteiger charge is -1.95. The van der Waals surface area contributed by atoms with Crippen LogP contribution in [0.15, 0.2) is 40.7 Å². The van der Waals surface area contributed by atoms with Crippen LogP contribution < -0.4 is 0 Å². The fourth-order valence-electron chi connectivity index (χ4n) is 1.29. The van der Waals surface area contributed by atoms with Crippen molar-refractivity contribution in [2.75, 3.05) is 6.61 Å². The highest BCUT2D eigenvalue weighted by molar-refractivity contribution is 7.13. The van der Waals surface area contributed by atoms with E-state index in [0.29, 0.717) is 17.4 Å². The molecular weight excluding hydrogens is 248 g/mol. The van der Waals surface area contributed by atoms with Gasteiger partial charge in [0.15, 0.2) is 5.69 Å². The average Bonchev–Trinajstić information content (AvgIpc) is 2.87. The molecule has 0 amide bonds. The molecule has 0 aliphatic carbocycles. The van der Waals surface area contributed by atoms with E-state index in [-0.39, 0.29) is 0 Å². The van der Waals surface area contributed by atoms with Crippen LogP contribution in [0.5, 0.6) is 0 Å². The Hall–Kier alpha value is -2.01. The normalized spacial score (nSPS) is 10.7. The van der Waals surface area contributed by atoms with Crippen LogP contribution in [0, 0.1) is 0 Å².